The molecule has 0 aliphatic carbocycles. The van der Waals surface area contributed by atoms with Crippen molar-refractivity contribution in [2.75, 3.05) is 6.54 Å². The van der Waals surface area contributed by atoms with Gasteiger partial charge >= 0.3 is 0 Å². The van der Waals surface area contributed by atoms with Crippen LogP contribution in [0.5, 0.6) is 0 Å². The number of hydrogen-bond donors (Lipinski definition) is 1. The van der Waals surface area contributed by atoms with E-state index in [4.69, 9.17) is 0 Å². The van der Waals surface area contributed by atoms with Gasteiger partial charge in [-0.25, -0.2) is 13.2 Å². The Kier molecular flexibility index (Phi) is 5.06. The van der Waals surface area contributed by atoms with Gasteiger partial charge in [-0.2, -0.15) is 0 Å². The molecule has 0 fully saturated rings. The van der Waals surface area contributed by atoms with Crippen LogP contribution in [0.3, 0.4) is 0 Å². The van der Waals surface area contributed by atoms with Crippen molar-refractivity contribution < 1.29 is 13.2 Å². The molecule has 0 radical (unpaired) electrons. The summed E-state index contributed by atoms with van der Waals surface area (Å²) in [4.78, 5) is 2.15. The van der Waals surface area contributed by atoms with E-state index in [0.29, 0.717) is 6.54 Å². The summed E-state index contributed by atoms with van der Waals surface area (Å²) in [6.45, 7) is 6.58. The highest BCUT2D eigenvalue weighted by atomic mass is 32.1. The van der Waals surface area contributed by atoms with E-state index in [1.165, 1.54) is 6.07 Å². The van der Waals surface area contributed by atoms with Gasteiger partial charge in [0.1, 0.15) is 0 Å². The summed E-state index contributed by atoms with van der Waals surface area (Å²) in [5, 5.41) is 3.22. The highest BCUT2D eigenvalue weighted by molar-refractivity contribution is 7.12. The Labute approximate surface area is 126 Å². The monoisotopic (exact) mass is 313 g/mol. The van der Waals surface area contributed by atoms with Crippen LogP contribution < -0.4 is 5.32 Å². The third-order valence-electron chi connectivity index (χ3n) is 3.36. The van der Waals surface area contributed by atoms with Gasteiger partial charge in [0.05, 0.1) is 6.04 Å². The molecule has 1 aromatic heterocycles. The highest BCUT2D eigenvalue weighted by Gasteiger charge is 2.24. The molecule has 21 heavy (non-hydrogen) atoms. The van der Waals surface area contributed by atoms with Gasteiger partial charge < -0.3 is 5.32 Å². The van der Waals surface area contributed by atoms with Crippen molar-refractivity contribution >= 4 is 11.3 Å². The molecule has 5 heteroatoms. The fourth-order valence-corrected chi connectivity index (χ4v) is 3.34. The summed E-state index contributed by atoms with van der Waals surface area (Å²) in [5.41, 5.74) is 1.05. The Bertz CT molecular complexity index is 637. The zero-order valence-electron chi connectivity index (χ0n) is 12.3. The second kappa shape index (κ2) is 6.62. The van der Waals surface area contributed by atoms with E-state index in [-0.39, 0.29) is 5.56 Å². The predicted octanol–water partition coefficient (Wildman–Crippen LogP) is 4.87. The first-order chi connectivity index (χ1) is 9.95. The van der Waals surface area contributed by atoms with Gasteiger partial charge in [-0.3, -0.25) is 0 Å². The lowest BCUT2D eigenvalue weighted by molar-refractivity contribution is 0.432. The van der Waals surface area contributed by atoms with Gasteiger partial charge in [0.25, 0.3) is 0 Å². The molecule has 0 bridgehead atoms. The van der Waals surface area contributed by atoms with Crippen LogP contribution in [0.4, 0.5) is 13.2 Å². The maximum atomic E-state index is 14.1. The fraction of sp³-hybridized carbons (Fsp3) is 0.375. The minimum atomic E-state index is -1.42. The maximum Gasteiger partial charge on any atom is 0.194 e. The van der Waals surface area contributed by atoms with Crippen LogP contribution >= 0.6 is 11.3 Å². The van der Waals surface area contributed by atoms with Crippen molar-refractivity contribution in [2.24, 2.45) is 0 Å². The van der Waals surface area contributed by atoms with Gasteiger partial charge in [0.15, 0.2) is 17.5 Å². The van der Waals surface area contributed by atoms with Crippen molar-refractivity contribution in [2.45, 2.75) is 33.2 Å². The predicted molar refractivity (Wildman–Crippen MR) is 80.2 cm³/mol. The standard InChI is InChI=1S/C16H18F3NS/c1-4-7-20-16(12-8-9(2)21-10(12)3)11-5-6-13(17)15(19)14(11)18/h5-6,8,16,20H,4,7H2,1-3H3. The molecular weight excluding hydrogens is 295 g/mol. The van der Waals surface area contributed by atoms with Crippen LogP contribution in [0.2, 0.25) is 0 Å². The molecule has 114 valence electrons. The first kappa shape index (κ1) is 16.0. The van der Waals surface area contributed by atoms with Gasteiger partial charge in [-0.1, -0.05) is 13.0 Å². The second-order valence-electron chi connectivity index (χ2n) is 5.02. The van der Waals surface area contributed by atoms with Gasteiger partial charge in [0.2, 0.25) is 0 Å². The molecule has 1 aromatic carbocycles. The molecule has 0 spiro atoms. The van der Waals surface area contributed by atoms with Crippen LogP contribution in [0.25, 0.3) is 0 Å². The molecule has 0 aliphatic rings. The Morgan fingerprint density at radius 3 is 2.38 bits per heavy atom. The Hall–Kier alpha value is -1.33. The Morgan fingerprint density at radius 2 is 1.81 bits per heavy atom. The quantitative estimate of drug-likeness (QED) is 0.776. The lowest BCUT2D eigenvalue weighted by Crippen LogP contribution is -2.24. The minimum Gasteiger partial charge on any atom is -0.306 e. The van der Waals surface area contributed by atoms with E-state index < -0.39 is 23.5 Å². The molecule has 1 heterocycles. The Morgan fingerprint density at radius 1 is 1.10 bits per heavy atom. The topological polar surface area (TPSA) is 12.0 Å². The number of halogens is 3. The van der Waals surface area contributed by atoms with Crippen molar-refractivity contribution in [3.8, 4) is 0 Å². The summed E-state index contributed by atoms with van der Waals surface area (Å²) in [6.07, 6.45) is 0.865. The van der Waals surface area contributed by atoms with Gasteiger partial charge in [0, 0.05) is 15.3 Å². The number of thiophene rings is 1. The number of hydrogen-bond acceptors (Lipinski definition) is 2. The molecule has 0 saturated heterocycles. The lowest BCUT2D eigenvalue weighted by atomic mass is 9.98. The summed E-state index contributed by atoms with van der Waals surface area (Å²) < 4.78 is 40.8. The number of nitrogens with one attached hydrogen (secondary N) is 1. The van der Waals surface area contributed by atoms with E-state index in [2.05, 4.69) is 5.32 Å². The van der Waals surface area contributed by atoms with E-state index in [0.717, 1.165) is 27.8 Å². The molecule has 0 amide bonds. The van der Waals surface area contributed by atoms with Crippen LogP contribution in [0.1, 0.15) is 40.3 Å². The van der Waals surface area contributed by atoms with Crippen LogP contribution in [-0.2, 0) is 0 Å². The minimum absolute atomic E-state index is 0.142. The maximum absolute atomic E-state index is 14.1. The first-order valence-electron chi connectivity index (χ1n) is 6.89. The smallest absolute Gasteiger partial charge is 0.194 e. The summed E-state index contributed by atoms with van der Waals surface area (Å²) in [6, 6.07) is 3.79. The molecule has 2 aromatic rings. The van der Waals surface area contributed by atoms with Crippen molar-refractivity contribution in [3.63, 3.8) is 0 Å². The summed E-state index contributed by atoms with van der Waals surface area (Å²) in [5.74, 6) is -3.70. The molecule has 1 atom stereocenters. The molecule has 1 unspecified atom stereocenters. The van der Waals surface area contributed by atoms with Gasteiger partial charge in [-0.15, -0.1) is 11.3 Å². The van der Waals surface area contributed by atoms with Gasteiger partial charge in [-0.05, 0) is 44.5 Å². The van der Waals surface area contributed by atoms with E-state index in [9.17, 15) is 13.2 Å². The van der Waals surface area contributed by atoms with Crippen molar-refractivity contribution in [1.29, 1.82) is 0 Å². The zero-order valence-corrected chi connectivity index (χ0v) is 13.1. The van der Waals surface area contributed by atoms with Crippen LogP contribution in [0, 0.1) is 31.3 Å². The summed E-state index contributed by atoms with van der Waals surface area (Å²) >= 11 is 1.61. The number of aryl methyl sites for hydroxylation is 2. The van der Waals surface area contributed by atoms with E-state index in [1.807, 2.05) is 26.8 Å². The SMILES string of the molecule is CCCNC(c1cc(C)sc1C)c1ccc(F)c(F)c1F. The third-order valence-corrected chi connectivity index (χ3v) is 4.35. The third kappa shape index (κ3) is 3.30. The van der Waals surface area contributed by atoms with E-state index in [1.54, 1.807) is 11.3 Å². The van der Waals surface area contributed by atoms with Crippen molar-refractivity contribution in [1.82, 2.24) is 5.32 Å². The summed E-state index contributed by atoms with van der Waals surface area (Å²) in [7, 11) is 0. The fourth-order valence-electron chi connectivity index (χ4n) is 2.38. The number of benzene rings is 1. The molecule has 1 N–H and O–H groups in total. The molecular formula is C16H18F3NS. The first-order valence-corrected chi connectivity index (χ1v) is 7.71. The molecule has 2 rings (SSSR count). The molecule has 0 saturated carbocycles. The highest BCUT2D eigenvalue weighted by Crippen LogP contribution is 2.32. The second-order valence-corrected chi connectivity index (χ2v) is 6.48. The average molecular weight is 313 g/mol. The molecule has 0 aliphatic heterocycles. The molecule has 1 nitrogen and oxygen atoms in total. The lowest BCUT2D eigenvalue weighted by Gasteiger charge is -2.20. The average Bonchev–Trinajstić information content (AvgIpc) is 2.77. The largest absolute Gasteiger partial charge is 0.306 e. The zero-order chi connectivity index (χ0) is 15.6. The van der Waals surface area contributed by atoms with Crippen LogP contribution in [0.15, 0.2) is 18.2 Å². The Balaban J connectivity index is 2.50. The number of rotatable bonds is 5. The van der Waals surface area contributed by atoms with Crippen molar-refractivity contribution in [3.05, 3.63) is 56.5 Å². The normalized spacial score (nSPS) is 12.7. The van der Waals surface area contributed by atoms with Crippen LogP contribution in [-0.4, -0.2) is 6.54 Å². The van der Waals surface area contributed by atoms with E-state index >= 15 is 0 Å².